The lowest BCUT2D eigenvalue weighted by atomic mass is 10.00. The van der Waals surface area contributed by atoms with Gasteiger partial charge >= 0.3 is 5.97 Å². The van der Waals surface area contributed by atoms with E-state index < -0.39 is 12.0 Å². The Hall–Kier alpha value is -4.26. The van der Waals surface area contributed by atoms with Gasteiger partial charge in [0, 0.05) is 36.3 Å². The molecule has 0 aliphatic rings. The summed E-state index contributed by atoms with van der Waals surface area (Å²) in [5.74, 6) is 0.628. The lowest BCUT2D eigenvalue weighted by Gasteiger charge is -2.20. The summed E-state index contributed by atoms with van der Waals surface area (Å²) in [5.41, 5.74) is 8.27. The zero-order valence-electron chi connectivity index (χ0n) is 21.1. The summed E-state index contributed by atoms with van der Waals surface area (Å²) in [7, 11) is 1.63. The molecule has 0 fully saturated rings. The number of aromatic nitrogens is 2. The van der Waals surface area contributed by atoms with Gasteiger partial charge in [0.25, 0.3) is 0 Å². The van der Waals surface area contributed by atoms with Crippen LogP contribution in [-0.2, 0) is 17.8 Å². The Morgan fingerprint density at radius 3 is 2.42 bits per heavy atom. The van der Waals surface area contributed by atoms with E-state index in [1.165, 1.54) is 5.56 Å². The second kappa shape index (κ2) is 11.0. The molecule has 0 radical (unpaired) electrons. The number of carboxylic acids is 1. The fourth-order valence-corrected chi connectivity index (χ4v) is 4.38. The number of benzene rings is 2. The molecule has 0 spiro atoms. The highest BCUT2D eigenvalue weighted by molar-refractivity contribution is 5.79. The first-order valence-electron chi connectivity index (χ1n) is 11.9. The number of anilines is 2. The van der Waals surface area contributed by atoms with Gasteiger partial charge in [0.15, 0.2) is 0 Å². The summed E-state index contributed by atoms with van der Waals surface area (Å²) in [6.07, 6.45) is 4.06. The van der Waals surface area contributed by atoms with Crippen molar-refractivity contribution in [3.8, 4) is 16.9 Å². The van der Waals surface area contributed by atoms with Crippen LogP contribution in [-0.4, -0.2) is 34.2 Å². The second-order valence-electron chi connectivity index (χ2n) is 9.06. The number of aromatic amines is 1. The van der Waals surface area contributed by atoms with Crippen LogP contribution < -0.4 is 15.4 Å². The average Bonchev–Trinajstić information content (AvgIpc) is 3.33. The molecule has 2 aromatic carbocycles. The van der Waals surface area contributed by atoms with E-state index in [1.54, 1.807) is 19.4 Å². The monoisotopic (exact) mass is 484 g/mol. The number of rotatable bonds is 10. The van der Waals surface area contributed by atoms with Crippen LogP contribution in [0.5, 0.6) is 5.75 Å². The molecule has 4 N–H and O–H groups in total. The summed E-state index contributed by atoms with van der Waals surface area (Å²) in [5, 5.41) is 16.4. The normalized spacial score (nSPS) is 11.7. The van der Waals surface area contributed by atoms with Gasteiger partial charge in [0.2, 0.25) is 0 Å². The Morgan fingerprint density at radius 1 is 1.03 bits per heavy atom. The number of H-pyrrole nitrogens is 1. The maximum atomic E-state index is 12.0. The highest BCUT2D eigenvalue weighted by Crippen LogP contribution is 2.25. The standard InChI is InChI=1S/C29H32N4O3/c1-18-11-19(2)28(20(3)12-18)33-26(29(34)35)13-21-5-7-22(8-6-21)23-14-24(31-16-23)17-32-27-15-25(36-4)9-10-30-27/h5-12,14-16,26,31,33H,13,17H2,1-4H3,(H,30,32)(H,34,35). The molecule has 4 rings (SSSR count). The van der Waals surface area contributed by atoms with Crippen LogP contribution >= 0.6 is 0 Å². The van der Waals surface area contributed by atoms with Gasteiger partial charge in [-0.05, 0) is 60.7 Å². The van der Waals surface area contributed by atoms with Gasteiger partial charge in [-0.15, -0.1) is 0 Å². The van der Waals surface area contributed by atoms with Crippen molar-refractivity contribution in [2.24, 2.45) is 0 Å². The SMILES string of the molecule is COc1ccnc(NCc2cc(-c3ccc(CC(Nc4c(C)cc(C)cc4C)C(=O)O)cc3)c[nH]2)c1. The van der Waals surface area contributed by atoms with Crippen molar-refractivity contribution in [2.75, 3.05) is 17.7 Å². The van der Waals surface area contributed by atoms with E-state index in [1.807, 2.05) is 57.3 Å². The molecule has 186 valence electrons. The van der Waals surface area contributed by atoms with Gasteiger partial charge in [-0.3, -0.25) is 0 Å². The molecule has 0 bridgehead atoms. The Bertz CT molecular complexity index is 1320. The van der Waals surface area contributed by atoms with Crippen LogP contribution in [0.2, 0.25) is 0 Å². The highest BCUT2D eigenvalue weighted by atomic mass is 16.5. The minimum atomic E-state index is -0.869. The molecule has 0 saturated heterocycles. The molecule has 0 aliphatic heterocycles. The number of aliphatic carboxylic acids is 1. The smallest absolute Gasteiger partial charge is 0.326 e. The van der Waals surface area contributed by atoms with Crippen LogP contribution in [0, 0.1) is 20.8 Å². The van der Waals surface area contributed by atoms with Crippen molar-refractivity contribution < 1.29 is 14.6 Å². The molecule has 36 heavy (non-hydrogen) atoms. The van der Waals surface area contributed by atoms with Crippen molar-refractivity contribution in [1.82, 2.24) is 9.97 Å². The van der Waals surface area contributed by atoms with Crippen molar-refractivity contribution in [3.05, 3.63) is 94.9 Å². The van der Waals surface area contributed by atoms with E-state index >= 15 is 0 Å². The number of hydrogen-bond acceptors (Lipinski definition) is 5. The first-order valence-corrected chi connectivity index (χ1v) is 11.9. The molecule has 2 aromatic heterocycles. The predicted molar refractivity (Wildman–Crippen MR) is 144 cm³/mol. The fourth-order valence-electron chi connectivity index (χ4n) is 4.38. The number of aryl methyl sites for hydroxylation is 3. The van der Waals surface area contributed by atoms with Crippen molar-refractivity contribution in [2.45, 2.75) is 39.8 Å². The zero-order chi connectivity index (χ0) is 25.7. The Kier molecular flexibility index (Phi) is 7.59. The van der Waals surface area contributed by atoms with Gasteiger partial charge in [0.05, 0.1) is 13.7 Å². The van der Waals surface area contributed by atoms with E-state index in [4.69, 9.17) is 4.74 Å². The number of ether oxygens (including phenoxy) is 1. The third kappa shape index (κ3) is 6.05. The lowest BCUT2D eigenvalue weighted by Crippen LogP contribution is -2.32. The molecule has 1 unspecified atom stereocenters. The number of carbonyl (C=O) groups is 1. The first kappa shape index (κ1) is 24.9. The number of hydrogen-bond donors (Lipinski definition) is 4. The van der Waals surface area contributed by atoms with Crippen LogP contribution in [0.25, 0.3) is 11.1 Å². The third-order valence-electron chi connectivity index (χ3n) is 6.19. The lowest BCUT2D eigenvalue weighted by molar-refractivity contribution is -0.137. The molecule has 0 amide bonds. The molecule has 7 heteroatoms. The summed E-state index contributed by atoms with van der Waals surface area (Å²) < 4.78 is 5.24. The van der Waals surface area contributed by atoms with Gasteiger partial charge < -0.3 is 25.5 Å². The Morgan fingerprint density at radius 2 is 1.75 bits per heavy atom. The first-order chi connectivity index (χ1) is 17.3. The van der Waals surface area contributed by atoms with Crippen molar-refractivity contribution in [1.29, 1.82) is 0 Å². The predicted octanol–water partition coefficient (Wildman–Crippen LogP) is 5.73. The van der Waals surface area contributed by atoms with Gasteiger partial charge in [-0.1, -0.05) is 42.0 Å². The highest BCUT2D eigenvalue weighted by Gasteiger charge is 2.20. The molecule has 0 aliphatic carbocycles. The minimum Gasteiger partial charge on any atom is -0.497 e. The van der Waals surface area contributed by atoms with Gasteiger partial charge in [-0.2, -0.15) is 0 Å². The minimum absolute atomic E-state index is 0.387. The third-order valence-corrected chi connectivity index (χ3v) is 6.19. The molecule has 1 atom stereocenters. The number of methoxy groups -OCH3 is 1. The fraction of sp³-hybridized carbons (Fsp3) is 0.241. The van der Waals surface area contributed by atoms with Gasteiger partial charge in [-0.25, -0.2) is 9.78 Å². The average molecular weight is 485 g/mol. The van der Waals surface area contributed by atoms with Crippen molar-refractivity contribution >= 4 is 17.5 Å². The topological polar surface area (TPSA) is 99.3 Å². The molecule has 2 heterocycles. The Balaban J connectivity index is 1.40. The van der Waals surface area contributed by atoms with Crippen LogP contribution in [0.1, 0.15) is 27.9 Å². The van der Waals surface area contributed by atoms with Crippen LogP contribution in [0.4, 0.5) is 11.5 Å². The largest absolute Gasteiger partial charge is 0.497 e. The zero-order valence-corrected chi connectivity index (χ0v) is 21.1. The molecule has 0 saturated carbocycles. The van der Waals surface area contributed by atoms with E-state index in [0.29, 0.717) is 13.0 Å². The number of nitrogens with one attached hydrogen (secondary N) is 3. The molecular formula is C29H32N4O3. The summed E-state index contributed by atoms with van der Waals surface area (Å²) in [4.78, 5) is 19.6. The summed E-state index contributed by atoms with van der Waals surface area (Å²) >= 11 is 0. The number of carboxylic acid groups (broad SMARTS) is 1. The maximum Gasteiger partial charge on any atom is 0.326 e. The Labute approximate surface area is 211 Å². The summed E-state index contributed by atoms with van der Waals surface area (Å²) in [6.45, 7) is 6.65. The van der Waals surface area contributed by atoms with E-state index in [9.17, 15) is 9.90 Å². The van der Waals surface area contributed by atoms with E-state index in [0.717, 1.165) is 50.8 Å². The molecule has 4 aromatic rings. The van der Waals surface area contributed by atoms with Crippen LogP contribution in [0.15, 0.2) is 67.0 Å². The quantitative estimate of drug-likeness (QED) is 0.229. The molecular weight excluding hydrogens is 452 g/mol. The maximum absolute atomic E-state index is 12.0. The second-order valence-corrected chi connectivity index (χ2v) is 9.06. The number of nitrogens with zero attached hydrogens (tertiary/aromatic N) is 1. The molecule has 7 nitrogen and oxygen atoms in total. The van der Waals surface area contributed by atoms with E-state index in [-0.39, 0.29) is 0 Å². The van der Waals surface area contributed by atoms with Gasteiger partial charge in [0.1, 0.15) is 17.6 Å². The summed E-state index contributed by atoms with van der Waals surface area (Å²) in [6, 6.07) is 17.2. The number of pyridine rings is 1. The van der Waals surface area contributed by atoms with Crippen molar-refractivity contribution in [3.63, 3.8) is 0 Å². The van der Waals surface area contributed by atoms with E-state index in [2.05, 4.69) is 38.8 Å². The van der Waals surface area contributed by atoms with Crippen LogP contribution in [0.3, 0.4) is 0 Å².